The summed E-state index contributed by atoms with van der Waals surface area (Å²) in [7, 11) is 0. The van der Waals surface area contributed by atoms with E-state index in [1.165, 1.54) is 0 Å². The molecule has 1 fully saturated rings. The van der Waals surface area contributed by atoms with Crippen LogP contribution in [0.3, 0.4) is 0 Å². The standard InChI is InChI=1S/C16H29ClN2O4/c1-15(2,3)23-14(22)19-16(4,5)13(21)10-7-6-8-11(17)12(10)18-9-20/h9-13,21H,6-8H2,1-5H3,(H,18,20)(H,19,22). The fourth-order valence-corrected chi connectivity index (χ4v) is 3.43. The third-order valence-electron chi connectivity index (χ3n) is 4.10. The number of amides is 2. The third kappa shape index (κ3) is 5.84. The number of rotatable bonds is 5. The fraction of sp³-hybridized carbons (Fsp3) is 0.875. The number of halogens is 1. The lowest BCUT2D eigenvalue weighted by atomic mass is 9.75. The van der Waals surface area contributed by atoms with E-state index in [-0.39, 0.29) is 17.3 Å². The largest absolute Gasteiger partial charge is 0.444 e. The summed E-state index contributed by atoms with van der Waals surface area (Å²) in [6, 6.07) is -0.322. The van der Waals surface area contributed by atoms with Gasteiger partial charge in [-0.3, -0.25) is 4.79 Å². The first-order chi connectivity index (χ1) is 10.5. The number of alkyl carbamates (subject to hydrolysis) is 1. The van der Waals surface area contributed by atoms with Gasteiger partial charge in [-0.25, -0.2) is 4.79 Å². The molecule has 6 nitrogen and oxygen atoms in total. The molecule has 0 aromatic rings. The van der Waals surface area contributed by atoms with Crippen LogP contribution in [-0.2, 0) is 9.53 Å². The van der Waals surface area contributed by atoms with E-state index >= 15 is 0 Å². The second-order valence-corrected chi connectivity index (χ2v) is 8.28. The molecular formula is C16H29ClN2O4. The van der Waals surface area contributed by atoms with Crippen LogP contribution in [0, 0.1) is 5.92 Å². The van der Waals surface area contributed by atoms with E-state index in [9.17, 15) is 14.7 Å². The van der Waals surface area contributed by atoms with Crippen molar-refractivity contribution >= 4 is 24.1 Å². The van der Waals surface area contributed by atoms with Gasteiger partial charge in [0.05, 0.1) is 23.1 Å². The smallest absolute Gasteiger partial charge is 0.408 e. The Bertz CT molecular complexity index is 423. The number of aliphatic hydroxyl groups excluding tert-OH is 1. The van der Waals surface area contributed by atoms with E-state index in [4.69, 9.17) is 16.3 Å². The van der Waals surface area contributed by atoms with Crippen LogP contribution in [0.4, 0.5) is 4.79 Å². The van der Waals surface area contributed by atoms with Crippen LogP contribution >= 0.6 is 11.6 Å². The summed E-state index contributed by atoms with van der Waals surface area (Å²) in [6.07, 6.45) is 1.55. The molecule has 0 heterocycles. The zero-order chi connectivity index (χ0) is 17.8. The Morgan fingerprint density at radius 2 is 1.91 bits per heavy atom. The Morgan fingerprint density at radius 3 is 2.43 bits per heavy atom. The quantitative estimate of drug-likeness (QED) is 0.525. The van der Waals surface area contributed by atoms with Crippen LogP contribution in [0.5, 0.6) is 0 Å². The number of carbonyl (C=O) groups excluding carboxylic acids is 2. The van der Waals surface area contributed by atoms with E-state index < -0.39 is 23.3 Å². The van der Waals surface area contributed by atoms with Crippen molar-refractivity contribution in [3.63, 3.8) is 0 Å². The predicted octanol–water partition coefficient (Wildman–Crippen LogP) is 2.17. The van der Waals surface area contributed by atoms with Crippen molar-refractivity contribution < 1.29 is 19.4 Å². The number of aliphatic hydroxyl groups is 1. The molecule has 23 heavy (non-hydrogen) atoms. The summed E-state index contributed by atoms with van der Waals surface area (Å²) < 4.78 is 5.25. The molecule has 1 rings (SSSR count). The summed E-state index contributed by atoms with van der Waals surface area (Å²) >= 11 is 6.30. The maximum Gasteiger partial charge on any atom is 0.408 e. The van der Waals surface area contributed by atoms with Crippen LogP contribution in [0.25, 0.3) is 0 Å². The van der Waals surface area contributed by atoms with E-state index in [0.717, 1.165) is 19.3 Å². The monoisotopic (exact) mass is 348 g/mol. The number of hydrogen-bond acceptors (Lipinski definition) is 4. The molecule has 0 saturated heterocycles. The molecule has 1 aliphatic carbocycles. The first-order valence-corrected chi connectivity index (χ1v) is 8.44. The molecule has 4 unspecified atom stereocenters. The lowest BCUT2D eigenvalue weighted by molar-refractivity contribution is -0.111. The van der Waals surface area contributed by atoms with Gasteiger partial charge in [0.1, 0.15) is 5.60 Å². The molecule has 0 radical (unpaired) electrons. The molecule has 0 aliphatic heterocycles. The number of carbonyl (C=O) groups is 2. The molecule has 0 spiro atoms. The highest BCUT2D eigenvalue weighted by Crippen LogP contribution is 2.34. The van der Waals surface area contributed by atoms with E-state index in [0.29, 0.717) is 6.41 Å². The van der Waals surface area contributed by atoms with Crippen molar-refractivity contribution in [1.82, 2.24) is 10.6 Å². The molecule has 134 valence electrons. The average molecular weight is 349 g/mol. The van der Waals surface area contributed by atoms with E-state index in [1.807, 2.05) is 0 Å². The second-order valence-electron chi connectivity index (χ2n) is 7.71. The first kappa shape index (κ1) is 20.0. The van der Waals surface area contributed by atoms with Crippen LogP contribution in [-0.4, -0.2) is 46.3 Å². The van der Waals surface area contributed by atoms with Crippen LogP contribution in [0.15, 0.2) is 0 Å². The van der Waals surface area contributed by atoms with Crippen molar-refractivity contribution in [2.45, 2.75) is 82.5 Å². The van der Waals surface area contributed by atoms with Gasteiger partial charge < -0.3 is 20.5 Å². The summed E-state index contributed by atoms with van der Waals surface area (Å²) in [5.74, 6) is -0.235. The van der Waals surface area contributed by atoms with Gasteiger partial charge >= 0.3 is 6.09 Å². The molecular weight excluding hydrogens is 320 g/mol. The van der Waals surface area contributed by atoms with Gasteiger partial charge in [-0.2, -0.15) is 0 Å². The highest BCUT2D eigenvalue weighted by Gasteiger charge is 2.43. The molecule has 1 aliphatic rings. The second kappa shape index (κ2) is 7.71. The maximum atomic E-state index is 12.0. The molecule has 7 heteroatoms. The molecule has 2 amide bonds. The average Bonchev–Trinajstić information content (AvgIpc) is 2.37. The number of ether oxygens (including phenoxy) is 1. The van der Waals surface area contributed by atoms with Crippen molar-refractivity contribution in [3.8, 4) is 0 Å². The Kier molecular flexibility index (Phi) is 6.71. The highest BCUT2D eigenvalue weighted by atomic mass is 35.5. The lowest BCUT2D eigenvalue weighted by Crippen LogP contribution is -2.60. The highest BCUT2D eigenvalue weighted by molar-refractivity contribution is 6.21. The SMILES string of the molecule is CC(C)(C)OC(=O)NC(C)(C)C(O)C1CCCC(Cl)C1NC=O. The Balaban J connectivity index is 2.80. The molecule has 0 aromatic heterocycles. The van der Waals surface area contributed by atoms with Crippen molar-refractivity contribution in [1.29, 1.82) is 0 Å². The summed E-state index contributed by atoms with van der Waals surface area (Å²) in [6.45, 7) is 8.80. The first-order valence-electron chi connectivity index (χ1n) is 8.01. The van der Waals surface area contributed by atoms with Gasteiger partial charge in [0.15, 0.2) is 0 Å². The molecule has 4 atom stereocenters. The normalized spacial score (nSPS) is 27.0. The summed E-state index contributed by atoms with van der Waals surface area (Å²) in [5.41, 5.74) is -1.53. The topological polar surface area (TPSA) is 87.7 Å². The van der Waals surface area contributed by atoms with Crippen LogP contribution < -0.4 is 10.6 Å². The minimum Gasteiger partial charge on any atom is -0.444 e. The van der Waals surface area contributed by atoms with Crippen molar-refractivity contribution in [2.24, 2.45) is 5.92 Å². The number of alkyl halides is 1. The van der Waals surface area contributed by atoms with Gasteiger partial charge in [0.25, 0.3) is 0 Å². The van der Waals surface area contributed by atoms with Crippen molar-refractivity contribution in [2.75, 3.05) is 0 Å². The molecule has 1 saturated carbocycles. The molecule has 0 aromatic carbocycles. The Hall–Kier alpha value is -1.01. The third-order valence-corrected chi connectivity index (χ3v) is 4.59. The van der Waals surface area contributed by atoms with Gasteiger partial charge in [-0.1, -0.05) is 6.42 Å². The Morgan fingerprint density at radius 1 is 1.30 bits per heavy atom. The van der Waals surface area contributed by atoms with Gasteiger partial charge in [0, 0.05) is 5.92 Å². The predicted molar refractivity (Wildman–Crippen MR) is 89.4 cm³/mol. The van der Waals surface area contributed by atoms with E-state index in [2.05, 4.69) is 10.6 Å². The molecule has 0 bridgehead atoms. The fourth-order valence-electron chi connectivity index (χ4n) is 3.01. The molecule has 3 N–H and O–H groups in total. The summed E-state index contributed by atoms with van der Waals surface area (Å²) in [5, 5.41) is 16.0. The van der Waals surface area contributed by atoms with Crippen LogP contribution in [0.2, 0.25) is 0 Å². The van der Waals surface area contributed by atoms with Crippen molar-refractivity contribution in [3.05, 3.63) is 0 Å². The number of hydrogen-bond donors (Lipinski definition) is 3. The van der Waals surface area contributed by atoms with E-state index in [1.54, 1.807) is 34.6 Å². The lowest BCUT2D eigenvalue weighted by Gasteiger charge is -2.43. The minimum absolute atomic E-state index is 0.231. The Labute approximate surface area is 143 Å². The summed E-state index contributed by atoms with van der Waals surface area (Å²) in [4.78, 5) is 22.8. The van der Waals surface area contributed by atoms with Gasteiger partial charge in [0.2, 0.25) is 6.41 Å². The van der Waals surface area contributed by atoms with Crippen LogP contribution in [0.1, 0.15) is 53.9 Å². The number of nitrogens with one attached hydrogen (secondary N) is 2. The maximum absolute atomic E-state index is 12.0. The zero-order valence-corrected chi connectivity index (χ0v) is 15.3. The zero-order valence-electron chi connectivity index (χ0n) is 14.6. The minimum atomic E-state index is -0.913. The van der Waals surface area contributed by atoms with Gasteiger partial charge in [-0.15, -0.1) is 11.6 Å². The van der Waals surface area contributed by atoms with Gasteiger partial charge in [-0.05, 0) is 47.5 Å².